The Balaban J connectivity index is 1.47. The Morgan fingerprint density at radius 3 is 3.10 bits per heavy atom. The van der Waals surface area contributed by atoms with Crippen molar-refractivity contribution in [3.63, 3.8) is 0 Å². The third-order valence-corrected chi connectivity index (χ3v) is 4.93. The maximum absolute atomic E-state index is 5.76. The predicted molar refractivity (Wildman–Crippen MR) is 115 cm³/mol. The molecule has 1 aliphatic rings. The molecule has 2 heterocycles. The predicted octanol–water partition coefficient (Wildman–Crippen LogP) is 2.93. The minimum atomic E-state index is 0.127. The third-order valence-electron chi connectivity index (χ3n) is 4.93. The molecule has 0 saturated carbocycles. The van der Waals surface area contributed by atoms with Gasteiger partial charge in [0.15, 0.2) is 5.96 Å². The third kappa shape index (κ3) is 6.87. The number of nitrogens with one attached hydrogen (secondary N) is 2. The maximum Gasteiger partial charge on any atom is 0.191 e. The lowest BCUT2D eigenvalue weighted by atomic mass is 10.1. The second-order valence-electron chi connectivity index (χ2n) is 7.33. The van der Waals surface area contributed by atoms with Gasteiger partial charge >= 0.3 is 0 Å². The molecule has 158 valence electrons. The minimum Gasteiger partial charge on any atom is -0.381 e. The zero-order valence-corrected chi connectivity index (χ0v) is 17.5. The molecule has 0 amide bonds. The monoisotopic (exact) mass is 399 g/mol. The first-order valence-corrected chi connectivity index (χ1v) is 10.6. The van der Waals surface area contributed by atoms with Crippen LogP contribution in [-0.2, 0) is 9.47 Å². The van der Waals surface area contributed by atoms with Gasteiger partial charge in [0.1, 0.15) is 0 Å². The molecule has 0 bridgehead atoms. The van der Waals surface area contributed by atoms with Gasteiger partial charge in [-0.15, -0.1) is 0 Å². The van der Waals surface area contributed by atoms with Crippen LogP contribution in [0.15, 0.2) is 47.7 Å². The fraction of sp³-hybridized carbons (Fsp3) is 0.545. The molecule has 7 heteroatoms. The SMILES string of the molecule is CCNC(=NCCCOCC1CCOC1)NC(C)c1cccc(-n2cccn2)c1. The van der Waals surface area contributed by atoms with Crippen molar-refractivity contribution < 1.29 is 9.47 Å². The average molecular weight is 400 g/mol. The number of aromatic nitrogens is 2. The lowest BCUT2D eigenvalue weighted by Crippen LogP contribution is -2.38. The topological polar surface area (TPSA) is 72.7 Å². The molecular weight excluding hydrogens is 366 g/mol. The van der Waals surface area contributed by atoms with Crippen molar-refractivity contribution in [3.05, 3.63) is 48.3 Å². The Kier molecular flexibility index (Phi) is 8.52. The number of guanidine groups is 1. The molecule has 1 fully saturated rings. The highest BCUT2D eigenvalue weighted by atomic mass is 16.5. The number of hydrogen-bond donors (Lipinski definition) is 2. The van der Waals surface area contributed by atoms with Crippen LogP contribution in [0.1, 0.15) is 38.3 Å². The molecule has 2 unspecified atom stereocenters. The molecule has 29 heavy (non-hydrogen) atoms. The first kappa shape index (κ1) is 21.3. The summed E-state index contributed by atoms with van der Waals surface area (Å²) in [4.78, 5) is 4.69. The molecule has 1 aliphatic heterocycles. The van der Waals surface area contributed by atoms with Gasteiger partial charge < -0.3 is 20.1 Å². The first-order chi connectivity index (χ1) is 14.3. The van der Waals surface area contributed by atoms with Gasteiger partial charge in [0.25, 0.3) is 0 Å². The van der Waals surface area contributed by atoms with Crippen LogP contribution in [0.3, 0.4) is 0 Å². The quantitative estimate of drug-likeness (QED) is 0.365. The van der Waals surface area contributed by atoms with E-state index in [-0.39, 0.29) is 6.04 Å². The summed E-state index contributed by atoms with van der Waals surface area (Å²) in [5.41, 5.74) is 2.23. The summed E-state index contributed by atoms with van der Waals surface area (Å²) in [5.74, 6) is 1.39. The molecule has 7 nitrogen and oxygen atoms in total. The van der Waals surface area contributed by atoms with Crippen molar-refractivity contribution in [1.82, 2.24) is 20.4 Å². The fourth-order valence-electron chi connectivity index (χ4n) is 3.29. The average Bonchev–Trinajstić information content (AvgIpc) is 3.45. The lowest BCUT2D eigenvalue weighted by molar-refractivity contribution is 0.0893. The second-order valence-corrected chi connectivity index (χ2v) is 7.33. The highest BCUT2D eigenvalue weighted by Crippen LogP contribution is 2.16. The Labute approximate surface area is 173 Å². The number of ether oxygens (including phenoxy) is 2. The highest BCUT2D eigenvalue weighted by Gasteiger charge is 2.15. The van der Waals surface area contributed by atoms with Crippen molar-refractivity contribution in [2.45, 2.75) is 32.7 Å². The Morgan fingerprint density at radius 2 is 2.34 bits per heavy atom. The number of hydrogen-bond acceptors (Lipinski definition) is 4. The molecule has 3 rings (SSSR count). The van der Waals surface area contributed by atoms with E-state index in [4.69, 9.17) is 14.5 Å². The molecule has 1 aromatic carbocycles. The lowest BCUT2D eigenvalue weighted by Gasteiger charge is -2.19. The minimum absolute atomic E-state index is 0.127. The summed E-state index contributed by atoms with van der Waals surface area (Å²) in [5, 5.41) is 11.1. The zero-order chi connectivity index (χ0) is 20.3. The van der Waals surface area contributed by atoms with Crippen LogP contribution in [0.2, 0.25) is 0 Å². The van der Waals surface area contributed by atoms with E-state index in [1.807, 2.05) is 16.9 Å². The summed E-state index contributed by atoms with van der Waals surface area (Å²) in [7, 11) is 0. The van der Waals surface area contributed by atoms with Crippen molar-refractivity contribution in [1.29, 1.82) is 0 Å². The highest BCUT2D eigenvalue weighted by molar-refractivity contribution is 5.80. The van der Waals surface area contributed by atoms with Crippen LogP contribution in [0.25, 0.3) is 5.69 Å². The fourth-order valence-corrected chi connectivity index (χ4v) is 3.29. The summed E-state index contributed by atoms with van der Waals surface area (Å²) >= 11 is 0. The largest absolute Gasteiger partial charge is 0.381 e. The van der Waals surface area contributed by atoms with E-state index < -0.39 is 0 Å². The summed E-state index contributed by atoms with van der Waals surface area (Å²) in [6.45, 7) is 9.02. The van der Waals surface area contributed by atoms with Gasteiger partial charge in [0.2, 0.25) is 0 Å². The van der Waals surface area contributed by atoms with E-state index in [0.717, 1.165) is 64.0 Å². The van der Waals surface area contributed by atoms with Gasteiger partial charge in [-0.3, -0.25) is 4.99 Å². The van der Waals surface area contributed by atoms with Crippen LogP contribution in [0, 0.1) is 5.92 Å². The summed E-state index contributed by atoms with van der Waals surface area (Å²) in [6, 6.07) is 10.4. The maximum atomic E-state index is 5.76. The van der Waals surface area contributed by atoms with Crippen LogP contribution < -0.4 is 10.6 Å². The molecule has 2 aromatic rings. The Hall–Kier alpha value is -2.38. The molecule has 1 aromatic heterocycles. The number of aliphatic imine (C=N–C) groups is 1. The summed E-state index contributed by atoms with van der Waals surface area (Å²) < 4.78 is 13.0. The second kappa shape index (κ2) is 11.6. The smallest absolute Gasteiger partial charge is 0.191 e. The van der Waals surface area contributed by atoms with E-state index >= 15 is 0 Å². The van der Waals surface area contributed by atoms with E-state index in [1.165, 1.54) is 5.56 Å². The van der Waals surface area contributed by atoms with Gasteiger partial charge in [-0.2, -0.15) is 5.10 Å². The number of benzene rings is 1. The molecule has 2 N–H and O–H groups in total. The molecular formula is C22H33N5O2. The van der Waals surface area contributed by atoms with Crippen LogP contribution in [-0.4, -0.2) is 55.3 Å². The van der Waals surface area contributed by atoms with Crippen LogP contribution in [0.4, 0.5) is 0 Å². The Morgan fingerprint density at radius 1 is 1.41 bits per heavy atom. The normalized spacial score (nSPS) is 18.0. The van der Waals surface area contributed by atoms with Crippen LogP contribution in [0.5, 0.6) is 0 Å². The zero-order valence-electron chi connectivity index (χ0n) is 17.5. The van der Waals surface area contributed by atoms with E-state index in [1.54, 1.807) is 6.20 Å². The van der Waals surface area contributed by atoms with E-state index in [9.17, 15) is 0 Å². The van der Waals surface area contributed by atoms with Crippen molar-refractivity contribution in [2.24, 2.45) is 10.9 Å². The Bertz CT molecular complexity index is 741. The van der Waals surface area contributed by atoms with Crippen molar-refractivity contribution >= 4 is 5.96 Å². The van der Waals surface area contributed by atoms with Gasteiger partial charge in [0.05, 0.1) is 24.9 Å². The first-order valence-electron chi connectivity index (χ1n) is 10.6. The van der Waals surface area contributed by atoms with E-state index in [0.29, 0.717) is 5.92 Å². The standard InChI is InChI=1S/C22H33N5O2/c1-3-23-22(24-10-6-13-28-16-19-9-14-29-17-19)26-18(2)20-7-4-8-21(15-20)27-12-5-11-25-27/h4-5,7-8,11-12,15,18-19H,3,6,9-10,13-14,16-17H2,1-2H3,(H2,23,24,26). The number of nitrogens with zero attached hydrogens (tertiary/aromatic N) is 3. The molecule has 2 atom stereocenters. The van der Waals surface area contributed by atoms with Crippen molar-refractivity contribution in [3.8, 4) is 5.69 Å². The molecule has 0 aliphatic carbocycles. The van der Waals surface area contributed by atoms with Gasteiger partial charge in [0, 0.05) is 44.6 Å². The molecule has 1 saturated heterocycles. The summed E-state index contributed by atoms with van der Waals surface area (Å²) in [6.07, 6.45) is 5.76. The van der Waals surface area contributed by atoms with Crippen molar-refractivity contribution in [2.75, 3.05) is 39.5 Å². The van der Waals surface area contributed by atoms with Gasteiger partial charge in [-0.05, 0) is 50.5 Å². The van der Waals surface area contributed by atoms with Crippen LogP contribution >= 0.6 is 0 Å². The van der Waals surface area contributed by atoms with Gasteiger partial charge in [-0.25, -0.2) is 4.68 Å². The number of rotatable bonds is 10. The van der Waals surface area contributed by atoms with E-state index in [2.05, 4.69) is 53.8 Å². The molecule has 0 spiro atoms. The molecule has 0 radical (unpaired) electrons. The van der Waals surface area contributed by atoms with Gasteiger partial charge in [-0.1, -0.05) is 12.1 Å².